The second-order valence-corrected chi connectivity index (χ2v) is 9.91. The van der Waals surface area contributed by atoms with Crippen molar-refractivity contribution in [2.24, 2.45) is 0 Å². The van der Waals surface area contributed by atoms with Crippen LogP contribution in [0.2, 0.25) is 0 Å². The van der Waals surface area contributed by atoms with Gasteiger partial charge in [-0.2, -0.15) is 0 Å². The highest BCUT2D eigenvalue weighted by Gasteiger charge is 2.16. The molecule has 0 bridgehead atoms. The number of rotatable bonds is 6. The highest BCUT2D eigenvalue weighted by molar-refractivity contribution is 7.92. The van der Waals surface area contributed by atoms with E-state index in [0.29, 0.717) is 17.3 Å². The number of anilines is 1. The smallest absolute Gasteiger partial charge is 0.261 e. The SMILES string of the molecule is Cc1nc(-c2ccc(S(=O)(=O)Nc3cccc(-c4csc(-c5ccccc5)n4)c3)cc2)co1. The van der Waals surface area contributed by atoms with Crippen LogP contribution >= 0.6 is 11.3 Å². The predicted molar refractivity (Wildman–Crippen MR) is 130 cm³/mol. The van der Waals surface area contributed by atoms with Crippen LogP contribution in [0.3, 0.4) is 0 Å². The van der Waals surface area contributed by atoms with Crippen molar-refractivity contribution in [1.82, 2.24) is 9.97 Å². The molecular weight excluding hydrogens is 454 g/mol. The summed E-state index contributed by atoms with van der Waals surface area (Å²) >= 11 is 1.55. The van der Waals surface area contributed by atoms with Gasteiger partial charge in [0.1, 0.15) is 17.0 Å². The Balaban J connectivity index is 1.36. The molecule has 33 heavy (non-hydrogen) atoms. The van der Waals surface area contributed by atoms with Crippen LogP contribution in [0.1, 0.15) is 5.89 Å². The molecular formula is C25H19N3O3S2. The molecule has 0 aliphatic carbocycles. The summed E-state index contributed by atoms with van der Waals surface area (Å²) in [6.07, 6.45) is 1.55. The molecule has 5 aromatic rings. The summed E-state index contributed by atoms with van der Waals surface area (Å²) in [4.78, 5) is 9.14. The summed E-state index contributed by atoms with van der Waals surface area (Å²) in [7, 11) is -3.76. The van der Waals surface area contributed by atoms with E-state index >= 15 is 0 Å². The molecule has 5 rings (SSSR count). The maximum Gasteiger partial charge on any atom is 0.261 e. The fourth-order valence-electron chi connectivity index (χ4n) is 3.38. The minimum Gasteiger partial charge on any atom is -0.449 e. The lowest BCUT2D eigenvalue weighted by Crippen LogP contribution is -2.12. The van der Waals surface area contributed by atoms with E-state index in [1.165, 1.54) is 0 Å². The van der Waals surface area contributed by atoms with Crippen molar-refractivity contribution in [2.45, 2.75) is 11.8 Å². The first-order chi connectivity index (χ1) is 16.0. The Morgan fingerprint density at radius 1 is 0.818 bits per heavy atom. The average Bonchev–Trinajstić information content (AvgIpc) is 3.49. The largest absolute Gasteiger partial charge is 0.449 e. The van der Waals surface area contributed by atoms with Crippen LogP contribution in [0, 0.1) is 6.92 Å². The van der Waals surface area contributed by atoms with Crippen LogP contribution < -0.4 is 4.72 Å². The van der Waals surface area contributed by atoms with Gasteiger partial charge < -0.3 is 4.42 Å². The van der Waals surface area contributed by atoms with Crippen molar-refractivity contribution < 1.29 is 12.8 Å². The van der Waals surface area contributed by atoms with Gasteiger partial charge in [-0.15, -0.1) is 11.3 Å². The molecule has 6 nitrogen and oxygen atoms in total. The molecule has 0 spiro atoms. The molecule has 0 saturated heterocycles. The fourth-order valence-corrected chi connectivity index (χ4v) is 5.26. The molecule has 8 heteroatoms. The van der Waals surface area contributed by atoms with Gasteiger partial charge in [-0.1, -0.05) is 54.6 Å². The van der Waals surface area contributed by atoms with Gasteiger partial charge in [-0.3, -0.25) is 4.72 Å². The number of hydrogen-bond acceptors (Lipinski definition) is 6. The summed E-state index contributed by atoms with van der Waals surface area (Å²) < 4.78 is 33.7. The van der Waals surface area contributed by atoms with E-state index < -0.39 is 10.0 Å². The van der Waals surface area contributed by atoms with E-state index in [9.17, 15) is 8.42 Å². The van der Waals surface area contributed by atoms with E-state index in [2.05, 4.69) is 9.71 Å². The Bertz CT molecular complexity index is 1510. The molecule has 0 radical (unpaired) electrons. The van der Waals surface area contributed by atoms with Crippen molar-refractivity contribution in [1.29, 1.82) is 0 Å². The molecule has 0 amide bonds. The zero-order chi connectivity index (χ0) is 22.8. The Kier molecular flexibility index (Phi) is 5.53. The standard InChI is InChI=1S/C25H19N3O3S2/c1-17-26-23(15-31-17)18-10-12-22(13-11-18)33(29,30)28-21-9-5-8-20(14-21)24-16-32-25(27-24)19-6-3-2-4-7-19/h2-16,28H,1H3. The third-order valence-electron chi connectivity index (χ3n) is 5.01. The van der Waals surface area contributed by atoms with E-state index in [0.717, 1.165) is 27.4 Å². The molecule has 2 heterocycles. The quantitative estimate of drug-likeness (QED) is 0.315. The first kappa shape index (κ1) is 21.1. The van der Waals surface area contributed by atoms with Crippen molar-refractivity contribution >= 4 is 27.0 Å². The number of aryl methyl sites for hydroxylation is 1. The lowest BCUT2D eigenvalue weighted by molar-refractivity contribution is 0.521. The maximum absolute atomic E-state index is 12.9. The number of nitrogens with zero attached hydrogens (tertiary/aromatic N) is 2. The Morgan fingerprint density at radius 3 is 2.30 bits per heavy atom. The second kappa shape index (κ2) is 8.65. The molecule has 3 aromatic carbocycles. The highest BCUT2D eigenvalue weighted by Crippen LogP contribution is 2.30. The van der Waals surface area contributed by atoms with Gasteiger partial charge in [0.25, 0.3) is 10.0 Å². The predicted octanol–water partition coefficient (Wildman–Crippen LogP) is 6.24. The van der Waals surface area contributed by atoms with Crippen molar-refractivity contribution in [3.8, 4) is 33.1 Å². The molecule has 0 saturated carbocycles. The fraction of sp³-hybridized carbons (Fsp3) is 0.0400. The lowest BCUT2D eigenvalue weighted by atomic mass is 10.1. The summed E-state index contributed by atoms with van der Waals surface area (Å²) in [6, 6.07) is 23.7. The zero-order valence-corrected chi connectivity index (χ0v) is 19.2. The van der Waals surface area contributed by atoms with E-state index in [4.69, 9.17) is 9.40 Å². The average molecular weight is 474 g/mol. The number of oxazole rings is 1. The Hall–Kier alpha value is -3.75. The number of aromatic nitrogens is 2. The molecule has 0 unspecified atom stereocenters. The maximum atomic E-state index is 12.9. The molecule has 2 aromatic heterocycles. The minimum atomic E-state index is -3.76. The molecule has 0 atom stereocenters. The van der Waals surface area contributed by atoms with Crippen LogP contribution in [0.25, 0.3) is 33.1 Å². The Labute approximate surface area is 195 Å². The second-order valence-electron chi connectivity index (χ2n) is 7.37. The van der Waals surface area contributed by atoms with Gasteiger partial charge in [-0.05, 0) is 24.3 Å². The van der Waals surface area contributed by atoms with Gasteiger partial charge in [0.05, 0.1) is 10.6 Å². The van der Waals surface area contributed by atoms with Gasteiger partial charge in [0, 0.05) is 34.7 Å². The van der Waals surface area contributed by atoms with E-state index in [-0.39, 0.29) is 4.90 Å². The third kappa shape index (κ3) is 4.57. The van der Waals surface area contributed by atoms with Gasteiger partial charge in [0.2, 0.25) is 0 Å². The first-order valence-electron chi connectivity index (χ1n) is 10.1. The van der Waals surface area contributed by atoms with Crippen LogP contribution in [0.15, 0.2) is 99.8 Å². The topological polar surface area (TPSA) is 85.1 Å². The summed E-state index contributed by atoms with van der Waals surface area (Å²) in [5.74, 6) is 0.555. The molecule has 1 N–H and O–H groups in total. The number of thiazole rings is 1. The lowest BCUT2D eigenvalue weighted by Gasteiger charge is -2.09. The minimum absolute atomic E-state index is 0.164. The Morgan fingerprint density at radius 2 is 1.58 bits per heavy atom. The van der Waals surface area contributed by atoms with Crippen LogP contribution in [-0.4, -0.2) is 18.4 Å². The summed E-state index contributed by atoms with van der Waals surface area (Å²) in [5.41, 5.74) is 4.60. The first-order valence-corrected chi connectivity index (χ1v) is 12.5. The monoisotopic (exact) mass is 473 g/mol. The van der Waals surface area contributed by atoms with E-state index in [1.807, 2.05) is 47.8 Å². The molecule has 164 valence electrons. The molecule has 0 aliphatic rings. The van der Waals surface area contributed by atoms with Crippen LogP contribution in [-0.2, 0) is 10.0 Å². The number of hydrogen-bond donors (Lipinski definition) is 1. The number of sulfonamides is 1. The van der Waals surface area contributed by atoms with Crippen LogP contribution in [0.5, 0.6) is 0 Å². The normalized spacial score (nSPS) is 11.4. The summed E-state index contributed by atoms with van der Waals surface area (Å²) in [5, 5.41) is 2.89. The van der Waals surface area contributed by atoms with Crippen LogP contribution in [0.4, 0.5) is 5.69 Å². The van der Waals surface area contributed by atoms with Gasteiger partial charge in [0.15, 0.2) is 5.89 Å². The zero-order valence-electron chi connectivity index (χ0n) is 17.6. The van der Waals surface area contributed by atoms with E-state index in [1.54, 1.807) is 60.9 Å². The highest BCUT2D eigenvalue weighted by atomic mass is 32.2. The third-order valence-corrected chi connectivity index (χ3v) is 7.30. The molecule has 0 fully saturated rings. The van der Waals surface area contributed by atoms with Crippen molar-refractivity contribution in [3.63, 3.8) is 0 Å². The van der Waals surface area contributed by atoms with Crippen molar-refractivity contribution in [3.05, 3.63) is 96.4 Å². The summed E-state index contributed by atoms with van der Waals surface area (Å²) in [6.45, 7) is 1.76. The van der Waals surface area contributed by atoms with Gasteiger partial charge >= 0.3 is 0 Å². The van der Waals surface area contributed by atoms with Gasteiger partial charge in [-0.25, -0.2) is 18.4 Å². The molecule has 0 aliphatic heterocycles. The van der Waals surface area contributed by atoms with Crippen molar-refractivity contribution in [2.75, 3.05) is 4.72 Å². The number of nitrogens with one attached hydrogen (secondary N) is 1. The number of benzene rings is 3.